The Hall–Kier alpha value is -1.99. The fourth-order valence-electron chi connectivity index (χ4n) is 4.10. The van der Waals surface area contributed by atoms with E-state index in [1.807, 2.05) is 12.1 Å². The number of aryl methyl sites for hydroxylation is 1. The quantitative estimate of drug-likeness (QED) is 0.361. The summed E-state index contributed by atoms with van der Waals surface area (Å²) in [5, 5.41) is 3.68. The normalized spacial score (nSPS) is 21.2. The van der Waals surface area contributed by atoms with E-state index >= 15 is 0 Å². The number of benzene rings is 2. The minimum absolute atomic E-state index is 0.136. The molecule has 2 aromatic rings. The molecule has 4 rings (SSSR count). The fourth-order valence-corrected chi connectivity index (χ4v) is 4.51. The van der Waals surface area contributed by atoms with E-state index in [0.717, 1.165) is 44.0 Å². The summed E-state index contributed by atoms with van der Waals surface area (Å²) in [6.45, 7) is -2.82. The summed E-state index contributed by atoms with van der Waals surface area (Å²) >= 11 is 12.5. The second-order valence-electron chi connectivity index (χ2n) is 8.38. The van der Waals surface area contributed by atoms with Gasteiger partial charge < -0.3 is 19.7 Å². The summed E-state index contributed by atoms with van der Waals surface area (Å²) in [5.41, 5.74) is 2.10. The zero-order valence-corrected chi connectivity index (χ0v) is 20.9. The van der Waals surface area contributed by atoms with E-state index in [9.17, 15) is 4.79 Å². The van der Waals surface area contributed by atoms with Gasteiger partial charge >= 0.3 is 0 Å². The van der Waals surface area contributed by atoms with Gasteiger partial charge in [0.1, 0.15) is 5.75 Å². The third-order valence-corrected chi connectivity index (χ3v) is 6.81. The maximum atomic E-state index is 11.7. The van der Waals surface area contributed by atoms with Crippen LogP contribution in [0.25, 0.3) is 0 Å². The Bertz CT molecular complexity index is 1310. The molecule has 2 aliphatic heterocycles. The number of ether oxygens (including phenoxy) is 2. The number of carbonyl (C=O) groups excluding carboxylic acids is 1. The summed E-state index contributed by atoms with van der Waals surface area (Å²) in [6, 6.07) is 9.89. The predicted octanol–water partition coefficient (Wildman–Crippen LogP) is 5.66. The number of halogens is 2. The van der Waals surface area contributed by atoms with E-state index in [0.29, 0.717) is 41.4 Å². The highest BCUT2D eigenvalue weighted by molar-refractivity contribution is 6.43. The van der Waals surface area contributed by atoms with Gasteiger partial charge in [-0.1, -0.05) is 35.3 Å². The zero-order valence-electron chi connectivity index (χ0n) is 27.4. The number of hydrogen-bond acceptors (Lipinski definition) is 5. The smallest absolute Gasteiger partial charge is 0.224 e. The monoisotopic (exact) mass is 527 g/mol. The Kier molecular flexibility index (Phi) is 6.66. The molecule has 0 aliphatic carbocycles. The Morgan fingerprint density at radius 1 is 1.00 bits per heavy atom. The van der Waals surface area contributed by atoms with Crippen LogP contribution in [0.4, 0.5) is 11.4 Å². The summed E-state index contributed by atoms with van der Waals surface area (Å²) < 4.78 is 76.4. The zero-order chi connectivity index (χ0) is 31.6. The van der Waals surface area contributed by atoms with Crippen LogP contribution in [0.2, 0.25) is 10.0 Å². The lowest BCUT2D eigenvalue weighted by Gasteiger charge is -2.36. The van der Waals surface area contributed by atoms with E-state index in [-0.39, 0.29) is 18.3 Å². The van der Waals surface area contributed by atoms with Gasteiger partial charge in [-0.05, 0) is 62.3 Å². The molecule has 1 amide bonds. The standard InChI is InChI=1S/C27H35Cl2N3O3/c28-23-6-5-7-25(27(23)29)32-15-13-31(14-16-32)12-1-2-17-34-18-3-4-19-35-22-10-8-21-9-11-26(33)30-24(21)20-22/h5-8,10,20H,1-4,9,11-19H2,(H,30,33)/i3D2,4D2,18D2,19D2. The molecule has 0 spiro atoms. The fraction of sp³-hybridized carbons (Fsp3) is 0.519. The second kappa shape index (κ2) is 13.4. The lowest BCUT2D eigenvalue weighted by molar-refractivity contribution is -0.116. The summed E-state index contributed by atoms with van der Waals surface area (Å²) in [5.74, 6) is -0.352. The first-order valence-electron chi connectivity index (χ1n) is 15.7. The lowest BCUT2D eigenvalue weighted by atomic mass is 10.0. The van der Waals surface area contributed by atoms with E-state index in [1.165, 1.54) is 12.1 Å². The number of hydrogen-bond donors (Lipinski definition) is 1. The molecule has 8 heteroatoms. The molecule has 2 aliphatic rings. The van der Waals surface area contributed by atoms with Crippen LogP contribution in [0.5, 0.6) is 5.75 Å². The molecule has 0 atom stereocenters. The van der Waals surface area contributed by atoms with Crippen LogP contribution in [0, 0.1) is 0 Å². The van der Waals surface area contributed by atoms with Gasteiger partial charge in [-0.25, -0.2) is 0 Å². The van der Waals surface area contributed by atoms with Crippen molar-refractivity contribution in [2.75, 3.05) is 62.7 Å². The number of nitrogens with one attached hydrogen (secondary N) is 1. The highest BCUT2D eigenvalue weighted by Crippen LogP contribution is 2.33. The number of unbranched alkanes of at least 4 members (excludes halogenated alkanes) is 1. The molecule has 2 aromatic carbocycles. The van der Waals surface area contributed by atoms with Gasteiger partial charge in [0.05, 0.1) is 27.8 Å². The number of carbonyl (C=O) groups is 1. The number of anilines is 2. The topological polar surface area (TPSA) is 54.0 Å². The lowest BCUT2D eigenvalue weighted by Crippen LogP contribution is -2.46. The highest BCUT2D eigenvalue weighted by Gasteiger charge is 2.19. The van der Waals surface area contributed by atoms with Crippen LogP contribution in [0.1, 0.15) is 48.5 Å². The third-order valence-electron chi connectivity index (χ3n) is 6.00. The van der Waals surface area contributed by atoms with Gasteiger partial charge in [-0.15, -0.1) is 0 Å². The molecule has 0 unspecified atom stereocenters. The molecule has 0 radical (unpaired) electrons. The van der Waals surface area contributed by atoms with Gasteiger partial charge in [-0.3, -0.25) is 9.69 Å². The van der Waals surface area contributed by atoms with E-state index < -0.39 is 25.9 Å². The van der Waals surface area contributed by atoms with Crippen LogP contribution in [0.3, 0.4) is 0 Å². The first-order valence-corrected chi connectivity index (χ1v) is 12.5. The maximum absolute atomic E-state index is 11.7. The van der Waals surface area contributed by atoms with Crippen LogP contribution in [-0.2, 0) is 16.0 Å². The van der Waals surface area contributed by atoms with Gasteiger partial charge in [0.25, 0.3) is 0 Å². The predicted molar refractivity (Wildman–Crippen MR) is 143 cm³/mol. The molecule has 190 valence electrons. The molecule has 0 saturated carbocycles. The Labute approximate surface area is 229 Å². The molecule has 6 nitrogen and oxygen atoms in total. The number of fused-ring (bicyclic) bond motifs is 1. The molecular formula is C27H35Cl2N3O3. The van der Waals surface area contributed by atoms with E-state index in [1.54, 1.807) is 12.1 Å². The summed E-state index contributed by atoms with van der Waals surface area (Å²) in [6.07, 6.45) is -5.08. The van der Waals surface area contributed by atoms with Crippen molar-refractivity contribution in [1.29, 1.82) is 0 Å². The minimum Gasteiger partial charge on any atom is -0.494 e. The third kappa shape index (κ3) is 7.74. The van der Waals surface area contributed by atoms with Crippen molar-refractivity contribution in [2.45, 2.75) is 38.4 Å². The van der Waals surface area contributed by atoms with Crippen molar-refractivity contribution in [2.24, 2.45) is 0 Å². The molecular weight excluding hydrogens is 485 g/mol. The first-order chi connectivity index (χ1) is 20.1. The van der Waals surface area contributed by atoms with E-state index in [2.05, 4.69) is 15.1 Å². The molecule has 1 fully saturated rings. The summed E-state index contributed by atoms with van der Waals surface area (Å²) in [7, 11) is 0. The Morgan fingerprint density at radius 3 is 2.69 bits per heavy atom. The van der Waals surface area contributed by atoms with Crippen LogP contribution in [-0.4, -0.2) is 63.3 Å². The molecule has 0 bridgehead atoms. The van der Waals surface area contributed by atoms with Gasteiger partial charge in [0.2, 0.25) is 5.91 Å². The van der Waals surface area contributed by atoms with Crippen molar-refractivity contribution < 1.29 is 25.2 Å². The SMILES string of the molecule is [2H]C([2H])(OCCCCN1CCN(c2cccc(Cl)c2Cl)CC1)C([2H])([2H])C([2H])([2H])C([2H])([2H])Oc1ccc2c(c1)NC(=O)CC2. The molecule has 2 heterocycles. The number of nitrogens with zero attached hydrogens (tertiary/aromatic N) is 2. The summed E-state index contributed by atoms with van der Waals surface area (Å²) in [4.78, 5) is 16.1. The minimum atomic E-state index is -3.48. The average molecular weight is 529 g/mol. The first kappa shape index (κ1) is 17.5. The maximum Gasteiger partial charge on any atom is 0.224 e. The van der Waals surface area contributed by atoms with Crippen molar-refractivity contribution in [1.82, 2.24) is 4.90 Å². The number of piperazine rings is 1. The molecule has 35 heavy (non-hydrogen) atoms. The van der Waals surface area contributed by atoms with Gasteiger partial charge in [-0.2, -0.15) is 0 Å². The Morgan fingerprint density at radius 2 is 1.83 bits per heavy atom. The number of amides is 1. The largest absolute Gasteiger partial charge is 0.494 e. The van der Waals surface area contributed by atoms with Crippen molar-refractivity contribution in [3.63, 3.8) is 0 Å². The van der Waals surface area contributed by atoms with Gasteiger partial charge in [0, 0.05) is 63.0 Å². The number of rotatable bonds is 12. The molecule has 1 saturated heterocycles. The second-order valence-corrected chi connectivity index (χ2v) is 9.17. The van der Waals surface area contributed by atoms with Crippen molar-refractivity contribution >= 4 is 40.5 Å². The average Bonchev–Trinajstić information content (AvgIpc) is 2.94. The van der Waals surface area contributed by atoms with Crippen LogP contribution in [0.15, 0.2) is 36.4 Å². The van der Waals surface area contributed by atoms with Crippen molar-refractivity contribution in [3.05, 3.63) is 52.0 Å². The molecule has 0 aromatic heterocycles. The van der Waals surface area contributed by atoms with Crippen molar-refractivity contribution in [3.8, 4) is 5.75 Å². The van der Waals surface area contributed by atoms with Crippen LogP contribution < -0.4 is 15.0 Å². The Balaban J connectivity index is 1.26. The van der Waals surface area contributed by atoms with Gasteiger partial charge in [0.15, 0.2) is 0 Å². The van der Waals surface area contributed by atoms with E-state index in [4.69, 9.17) is 43.6 Å². The van der Waals surface area contributed by atoms with Crippen LogP contribution >= 0.6 is 23.2 Å². The molecule has 1 N–H and O–H groups in total. The highest BCUT2D eigenvalue weighted by atomic mass is 35.5.